The van der Waals surface area contributed by atoms with Gasteiger partial charge in [0.25, 0.3) is 5.91 Å². The lowest BCUT2D eigenvalue weighted by Crippen LogP contribution is -2.41. The number of hydrogen-bond acceptors (Lipinski definition) is 4. The smallest absolute Gasteiger partial charge is 0.260 e. The fourth-order valence-electron chi connectivity index (χ4n) is 2.66. The number of aromatic nitrogens is 3. The summed E-state index contributed by atoms with van der Waals surface area (Å²) in [6, 6.07) is 8.07. The Morgan fingerprint density at radius 2 is 2.00 bits per heavy atom. The molecule has 3 rings (SSSR count). The molecule has 116 valence electrons. The zero-order chi connectivity index (χ0) is 15.4. The molecule has 6 heteroatoms. The number of likely N-dealkylation sites (tertiary alicyclic amines) is 1. The second-order valence-electron chi connectivity index (χ2n) is 5.60. The molecule has 1 aliphatic heterocycles. The predicted octanol–water partition coefficient (Wildman–Crippen LogP) is 1.83. The van der Waals surface area contributed by atoms with Gasteiger partial charge in [0.2, 0.25) is 0 Å². The van der Waals surface area contributed by atoms with Gasteiger partial charge >= 0.3 is 0 Å². The van der Waals surface area contributed by atoms with Gasteiger partial charge in [-0.15, -0.1) is 5.10 Å². The highest BCUT2D eigenvalue weighted by atomic mass is 16.5. The number of rotatable bonds is 4. The van der Waals surface area contributed by atoms with Crippen LogP contribution in [0.4, 0.5) is 0 Å². The first-order chi connectivity index (χ1) is 10.7. The highest BCUT2D eigenvalue weighted by Gasteiger charge is 2.24. The Morgan fingerprint density at radius 1 is 1.27 bits per heavy atom. The van der Waals surface area contributed by atoms with Gasteiger partial charge in [0.05, 0.1) is 12.2 Å². The van der Waals surface area contributed by atoms with E-state index >= 15 is 0 Å². The van der Waals surface area contributed by atoms with Crippen LogP contribution in [0.3, 0.4) is 0 Å². The molecule has 2 heterocycles. The Morgan fingerprint density at radius 3 is 2.64 bits per heavy atom. The summed E-state index contributed by atoms with van der Waals surface area (Å²) in [6.07, 6.45) is 5.37. The van der Waals surface area contributed by atoms with E-state index in [0.29, 0.717) is 6.04 Å². The quantitative estimate of drug-likeness (QED) is 0.864. The minimum absolute atomic E-state index is 0.0395. The molecule has 1 aromatic carbocycles. The van der Waals surface area contributed by atoms with Crippen LogP contribution in [0.15, 0.2) is 36.7 Å². The average Bonchev–Trinajstić information content (AvgIpc) is 3.09. The zero-order valence-electron chi connectivity index (χ0n) is 12.7. The number of carbonyl (C=O) groups is 1. The molecule has 1 fully saturated rings. The minimum Gasteiger partial charge on any atom is -0.484 e. The third-order valence-corrected chi connectivity index (χ3v) is 4.02. The molecule has 22 heavy (non-hydrogen) atoms. The van der Waals surface area contributed by atoms with Crippen molar-refractivity contribution < 1.29 is 9.53 Å². The molecular weight excluding hydrogens is 280 g/mol. The second-order valence-corrected chi connectivity index (χ2v) is 5.60. The topological polar surface area (TPSA) is 60.2 Å². The van der Waals surface area contributed by atoms with Gasteiger partial charge in [-0.2, -0.15) is 0 Å². The van der Waals surface area contributed by atoms with Gasteiger partial charge in [-0.3, -0.25) is 4.79 Å². The van der Waals surface area contributed by atoms with E-state index in [9.17, 15) is 4.79 Å². The maximum atomic E-state index is 12.2. The highest BCUT2D eigenvalue weighted by Crippen LogP contribution is 2.21. The van der Waals surface area contributed by atoms with Crippen molar-refractivity contribution in [2.75, 3.05) is 19.7 Å². The van der Waals surface area contributed by atoms with Gasteiger partial charge in [0.1, 0.15) is 5.75 Å². The molecule has 0 radical (unpaired) electrons. The number of nitrogens with zero attached hydrogens (tertiary/aromatic N) is 4. The zero-order valence-corrected chi connectivity index (χ0v) is 12.7. The van der Waals surface area contributed by atoms with Crippen molar-refractivity contribution in [3.8, 4) is 5.75 Å². The Bertz CT molecular complexity index is 602. The molecular formula is C16H20N4O2. The van der Waals surface area contributed by atoms with Gasteiger partial charge in [-0.05, 0) is 31.9 Å². The monoisotopic (exact) mass is 300 g/mol. The lowest BCUT2D eigenvalue weighted by molar-refractivity contribution is -0.134. The van der Waals surface area contributed by atoms with Crippen molar-refractivity contribution in [2.45, 2.75) is 25.8 Å². The van der Waals surface area contributed by atoms with Crippen LogP contribution in [0, 0.1) is 6.92 Å². The van der Waals surface area contributed by atoms with Gasteiger partial charge in [0.15, 0.2) is 6.61 Å². The molecule has 0 saturated carbocycles. The van der Waals surface area contributed by atoms with Gasteiger partial charge < -0.3 is 9.64 Å². The standard InChI is InChI=1S/C16H20N4O2/c1-13-2-4-15(5-3-13)22-12-16(21)19-9-6-14(7-10-19)20-11-8-17-18-20/h2-5,8,11,14H,6-7,9-10,12H2,1H3. The molecule has 0 N–H and O–H groups in total. The van der Waals surface area contributed by atoms with Crippen molar-refractivity contribution in [1.82, 2.24) is 19.9 Å². The Kier molecular flexibility index (Phi) is 4.37. The van der Waals surface area contributed by atoms with E-state index in [-0.39, 0.29) is 12.5 Å². The molecule has 1 aromatic heterocycles. The van der Waals surface area contributed by atoms with Crippen LogP contribution < -0.4 is 4.74 Å². The normalized spacial score (nSPS) is 15.8. The molecule has 1 aliphatic rings. The third kappa shape index (κ3) is 3.44. The van der Waals surface area contributed by atoms with Crippen molar-refractivity contribution in [3.63, 3.8) is 0 Å². The first kappa shape index (κ1) is 14.6. The van der Waals surface area contributed by atoms with E-state index in [1.165, 1.54) is 5.56 Å². The number of benzene rings is 1. The number of hydrogen-bond donors (Lipinski definition) is 0. The van der Waals surface area contributed by atoms with Crippen LogP contribution in [-0.4, -0.2) is 45.5 Å². The maximum Gasteiger partial charge on any atom is 0.260 e. The fourth-order valence-corrected chi connectivity index (χ4v) is 2.66. The summed E-state index contributed by atoms with van der Waals surface area (Å²) >= 11 is 0. The van der Waals surface area contributed by atoms with E-state index in [0.717, 1.165) is 31.7 Å². The van der Waals surface area contributed by atoms with Gasteiger partial charge in [-0.1, -0.05) is 22.9 Å². The summed E-state index contributed by atoms with van der Waals surface area (Å²) in [5.74, 6) is 0.772. The molecule has 6 nitrogen and oxygen atoms in total. The van der Waals surface area contributed by atoms with Crippen LogP contribution in [0.1, 0.15) is 24.4 Å². The van der Waals surface area contributed by atoms with Crippen LogP contribution in [0.25, 0.3) is 0 Å². The molecule has 0 spiro atoms. The van der Waals surface area contributed by atoms with Crippen molar-refractivity contribution in [1.29, 1.82) is 0 Å². The highest BCUT2D eigenvalue weighted by molar-refractivity contribution is 5.77. The fraction of sp³-hybridized carbons (Fsp3) is 0.438. The second kappa shape index (κ2) is 6.60. The number of aryl methyl sites for hydroxylation is 1. The summed E-state index contributed by atoms with van der Waals surface area (Å²) in [5.41, 5.74) is 1.17. The Hall–Kier alpha value is -2.37. The number of carbonyl (C=O) groups excluding carboxylic acids is 1. The van der Waals surface area contributed by atoms with Gasteiger partial charge in [-0.25, -0.2) is 4.68 Å². The number of amides is 1. The SMILES string of the molecule is Cc1ccc(OCC(=O)N2CCC(n3ccnn3)CC2)cc1. The lowest BCUT2D eigenvalue weighted by Gasteiger charge is -2.31. The average molecular weight is 300 g/mol. The summed E-state index contributed by atoms with van der Waals surface area (Å²) < 4.78 is 7.44. The molecule has 0 aliphatic carbocycles. The third-order valence-electron chi connectivity index (χ3n) is 4.02. The summed E-state index contributed by atoms with van der Waals surface area (Å²) in [7, 11) is 0. The Balaban J connectivity index is 1.46. The van der Waals surface area contributed by atoms with E-state index in [1.807, 2.05) is 47.0 Å². The lowest BCUT2D eigenvalue weighted by atomic mass is 10.1. The largest absolute Gasteiger partial charge is 0.484 e. The van der Waals surface area contributed by atoms with Crippen molar-refractivity contribution >= 4 is 5.91 Å². The molecule has 0 bridgehead atoms. The van der Waals surface area contributed by atoms with E-state index in [4.69, 9.17) is 4.74 Å². The molecule has 1 amide bonds. The predicted molar refractivity (Wildman–Crippen MR) is 81.5 cm³/mol. The van der Waals surface area contributed by atoms with Crippen LogP contribution in [0.2, 0.25) is 0 Å². The van der Waals surface area contributed by atoms with E-state index in [1.54, 1.807) is 6.20 Å². The molecule has 2 aromatic rings. The summed E-state index contributed by atoms with van der Waals surface area (Å²) in [5, 5.41) is 7.86. The van der Waals surface area contributed by atoms with E-state index < -0.39 is 0 Å². The number of ether oxygens (including phenoxy) is 1. The summed E-state index contributed by atoms with van der Waals surface area (Å²) in [6.45, 7) is 3.59. The first-order valence-corrected chi connectivity index (χ1v) is 7.55. The van der Waals surface area contributed by atoms with Crippen LogP contribution >= 0.6 is 0 Å². The van der Waals surface area contributed by atoms with Crippen LogP contribution in [-0.2, 0) is 4.79 Å². The molecule has 1 saturated heterocycles. The van der Waals surface area contributed by atoms with Gasteiger partial charge in [0, 0.05) is 19.3 Å². The van der Waals surface area contributed by atoms with Crippen LogP contribution in [0.5, 0.6) is 5.75 Å². The van der Waals surface area contributed by atoms with E-state index in [2.05, 4.69) is 10.3 Å². The first-order valence-electron chi connectivity index (χ1n) is 7.55. The Labute approximate surface area is 129 Å². The summed E-state index contributed by atoms with van der Waals surface area (Å²) in [4.78, 5) is 14.1. The minimum atomic E-state index is 0.0395. The molecule has 0 unspecified atom stereocenters. The number of piperidine rings is 1. The van der Waals surface area contributed by atoms with Crippen molar-refractivity contribution in [3.05, 3.63) is 42.2 Å². The molecule has 0 atom stereocenters. The van der Waals surface area contributed by atoms with Crippen molar-refractivity contribution in [2.24, 2.45) is 0 Å². The maximum absolute atomic E-state index is 12.2.